The van der Waals surface area contributed by atoms with Crippen molar-refractivity contribution in [1.82, 2.24) is 0 Å². The Bertz CT molecular complexity index is 384. The van der Waals surface area contributed by atoms with E-state index in [0.29, 0.717) is 17.7 Å². The van der Waals surface area contributed by atoms with E-state index in [-0.39, 0.29) is 12.4 Å². The van der Waals surface area contributed by atoms with E-state index in [1.165, 1.54) is 18.9 Å². The number of nitriles is 1. The average molecular weight is 235 g/mol. The van der Waals surface area contributed by atoms with Gasteiger partial charge in [-0.05, 0) is 18.6 Å². The number of benzene rings is 1. The minimum Gasteiger partial charge on any atom is -0.377 e. The molecule has 0 bridgehead atoms. The Morgan fingerprint density at radius 3 is 2.76 bits per heavy atom. The van der Waals surface area contributed by atoms with Crippen molar-refractivity contribution in [3.8, 4) is 6.07 Å². The summed E-state index contributed by atoms with van der Waals surface area (Å²) in [5, 5.41) is 8.60. The van der Waals surface area contributed by atoms with Crippen LogP contribution in [-0.4, -0.2) is 6.61 Å². The fraction of sp³-hybridized carbons (Fsp3) is 0.500. The Kier molecular flexibility index (Phi) is 6.27. The number of halogens is 1. The number of hydrogen-bond donors (Lipinski definition) is 0. The van der Waals surface area contributed by atoms with Gasteiger partial charge < -0.3 is 4.74 Å². The van der Waals surface area contributed by atoms with Gasteiger partial charge in [-0.25, -0.2) is 4.39 Å². The highest BCUT2D eigenvalue weighted by Gasteiger charge is 2.03. The van der Waals surface area contributed by atoms with Gasteiger partial charge in [-0.15, -0.1) is 0 Å². The summed E-state index contributed by atoms with van der Waals surface area (Å²) in [6.07, 6.45) is 4.59. The molecule has 92 valence electrons. The van der Waals surface area contributed by atoms with Crippen LogP contribution in [0, 0.1) is 17.1 Å². The van der Waals surface area contributed by atoms with Gasteiger partial charge in [-0.1, -0.05) is 32.3 Å². The fourth-order valence-corrected chi connectivity index (χ4v) is 1.55. The van der Waals surface area contributed by atoms with Crippen molar-refractivity contribution in [1.29, 1.82) is 5.26 Å². The molecule has 0 aliphatic carbocycles. The zero-order valence-electron chi connectivity index (χ0n) is 10.2. The minimum atomic E-state index is -0.363. The van der Waals surface area contributed by atoms with Gasteiger partial charge in [0.15, 0.2) is 0 Å². The van der Waals surface area contributed by atoms with Gasteiger partial charge >= 0.3 is 0 Å². The second-order valence-electron chi connectivity index (χ2n) is 4.03. The van der Waals surface area contributed by atoms with Crippen LogP contribution in [0.4, 0.5) is 4.39 Å². The van der Waals surface area contributed by atoms with E-state index in [1.54, 1.807) is 12.1 Å². The van der Waals surface area contributed by atoms with E-state index in [9.17, 15) is 4.39 Å². The van der Waals surface area contributed by atoms with Crippen LogP contribution < -0.4 is 0 Å². The molecule has 0 fully saturated rings. The molecule has 1 aromatic carbocycles. The van der Waals surface area contributed by atoms with Crippen LogP contribution in [0.2, 0.25) is 0 Å². The first-order valence-corrected chi connectivity index (χ1v) is 6.04. The van der Waals surface area contributed by atoms with Crippen molar-refractivity contribution in [2.24, 2.45) is 0 Å². The monoisotopic (exact) mass is 235 g/mol. The molecule has 0 heterocycles. The maximum atomic E-state index is 13.4. The first-order chi connectivity index (χ1) is 8.27. The molecule has 0 saturated carbocycles. The summed E-state index contributed by atoms with van der Waals surface area (Å²) in [5.41, 5.74) is 0.855. The molecule has 0 aliphatic rings. The largest absolute Gasteiger partial charge is 0.377 e. The number of nitrogens with zero attached hydrogens (tertiary/aromatic N) is 1. The Labute approximate surface area is 102 Å². The summed E-state index contributed by atoms with van der Waals surface area (Å²) in [6, 6.07) is 6.37. The quantitative estimate of drug-likeness (QED) is 0.673. The fourth-order valence-electron chi connectivity index (χ4n) is 1.55. The zero-order chi connectivity index (χ0) is 12.5. The summed E-state index contributed by atoms with van der Waals surface area (Å²) in [4.78, 5) is 0. The van der Waals surface area contributed by atoms with Crippen LogP contribution in [0.5, 0.6) is 0 Å². The highest BCUT2D eigenvalue weighted by molar-refractivity contribution is 5.32. The van der Waals surface area contributed by atoms with Gasteiger partial charge in [0.05, 0.1) is 18.2 Å². The van der Waals surface area contributed by atoms with Crippen LogP contribution in [-0.2, 0) is 11.3 Å². The lowest BCUT2D eigenvalue weighted by Gasteiger charge is -2.05. The van der Waals surface area contributed by atoms with Crippen molar-refractivity contribution in [3.05, 3.63) is 35.1 Å². The Hall–Kier alpha value is -1.40. The van der Waals surface area contributed by atoms with Gasteiger partial charge in [0.1, 0.15) is 5.82 Å². The smallest absolute Gasteiger partial charge is 0.130 e. The maximum Gasteiger partial charge on any atom is 0.130 e. The highest BCUT2D eigenvalue weighted by Crippen LogP contribution is 2.11. The van der Waals surface area contributed by atoms with E-state index < -0.39 is 0 Å². The van der Waals surface area contributed by atoms with Gasteiger partial charge in [0, 0.05) is 12.2 Å². The summed E-state index contributed by atoms with van der Waals surface area (Å²) in [5.74, 6) is -0.363. The Balaban J connectivity index is 2.30. The number of ether oxygens (including phenoxy) is 1. The summed E-state index contributed by atoms with van der Waals surface area (Å²) < 4.78 is 18.8. The number of unbranched alkanes of at least 4 members (excludes halogenated alkanes) is 3. The normalized spacial score (nSPS) is 10.2. The number of hydrogen-bond acceptors (Lipinski definition) is 2. The molecule has 3 heteroatoms. The maximum absolute atomic E-state index is 13.4. The van der Waals surface area contributed by atoms with E-state index in [2.05, 4.69) is 6.92 Å². The third kappa shape index (κ3) is 4.97. The van der Waals surface area contributed by atoms with E-state index in [1.807, 2.05) is 6.07 Å². The minimum absolute atomic E-state index is 0.281. The van der Waals surface area contributed by atoms with Crippen LogP contribution in [0.1, 0.15) is 43.7 Å². The Morgan fingerprint density at radius 1 is 1.29 bits per heavy atom. The first-order valence-electron chi connectivity index (χ1n) is 6.04. The highest BCUT2D eigenvalue weighted by atomic mass is 19.1. The van der Waals surface area contributed by atoms with Crippen molar-refractivity contribution >= 4 is 0 Å². The lowest BCUT2D eigenvalue weighted by molar-refractivity contribution is 0.114. The molecule has 2 nitrogen and oxygen atoms in total. The predicted octanol–water partition coefficient (Wildman–Crippen LogP) is 3.79. The molecule has 0 saturated heterocycles. The molecule has 0 atom stereocenters. The van der Waals surface area contributed by atoms with E-state index in [4.69, 9.17) is 10.00 Å². The van der Waals surface area contributed by atoms with E-state index in [0.717, 1.165) is 12.8 Å². The second-order valence-corrected chi connectivity index (χ2v) is 4.03. The number of rotatable bonds is 7. The van der Waals surface area contributed by atoms with Crippen molar-refractivity contribution < 1.29 is 9.13 Å². The molecule has 0 aliphatic heterocycles. The predicted molar refractivity (Wildman–Crippen MR) is 64.9 cm³/mol. The molecular weight excluding hydrogens is 217 g/mol. The molecule has 1 aromatic rings. The lowest BCUT2D eigenvalue weighted by atomic mass is 10.1. The molecule has 0 unspecified atom stereocenters. The van der Waals surface area contributed by atoms with Crippen LogP contribution in [0.15, 0.2) is 18.2 Å². The van der Waals surface area contributed by atoms with Crippen molar-refractivity contribution in [2.45, 2.75) is 39.2 Å². The summed E-state index contributed by atoms with van der Waals surface area (Å²) in [6.45, 7) is 3.11. The topological polar surface area (TPSA) is 33.0 Å². The zero-order valence-corrected chi connectivity index (χ0v) is 10.2. The van der Waals surface area contributed by atoms with Crippen LogP contribution in [0.3, 0.4) is 0 Å². The summed E-state index contributed by atoms with van der Waals surface area (Å²) in [7, 11) is 0. The molecule has 0 aromatic heterocycles. The van der Waals surface area contributed by atoms with Gasteiger partial charge in [0.2, 0.25) is 0 Å². The lowest BCUT2D eigenvalue weighted by Crippen LogP contribution is -1.98. The van der Waals surface area contributed by atoms with Crippen LogP contribution in [0.25, 0.3) is 0 Å². The molecule has 0 spiro atoms. The van der Waals surface area contributed by atoms with E-state index >= 15 is 0 Å². The molecule has 0 amide bonds. The van der Waals surface area contributed by atoms with Crippen molar-refractivity contribution in [2.75, 3.05) is 6.61 Å². The molecule has 17 heavy (non-hydrogen) atoms. The molecule has 1 rings (SSSR count). The third-order valence-electron chi connectivity index (χ3n) is 2.58. The van der Waals surface area contributed by atoms with Gasteiger partial charge in [0.25, 0.3) is 0 Å². The molecule has 0 N–H and O–H groups in total. The van der Waals surface area contributed by atoms with Crippen molar-refractivity contribution in [3.63, 3.8) is 0 Å². The second kappa shape index (κ2) is 7.81. The summed E-state index contributed by atoms with van der Waals surface area (Å²) >= 11 is 0. The first kappa shape index (κ1) is 13.7. The van der Waals surface area contributed by atoms with Crippen LogP contribution >= 0.6 is 0 Å². The molecule has 0 radical (unpaired) electrons. The Morgan fingerprint density at radius 2 is 2.12 bits per heavy atom. The van der Waals surface area contributed by atoms with Gasteiger partial charge in [-0.2, -0.15) is 5.26 Å². The third-order valence-corrected chi connectivity index (χ3v) is 2.58. The SMILES string of the molecule is CCCCCCOCc1ccc(C#N)cc1F. The van der Waals surface area contributed by atoms with Gasteiger partial charge in [-0.3, -0.25) is 0 Å². The standard InChI is InChI=1S/C14H18FNO/c1-2-3-4-5-8-17-11-13-7-6-12(10-16)9-14(13)15/h6-7,9H,2-5,8,11H2,1H3. The average Bonchev–Trinajstić information content (AvgIpc) is 2.35. The molecular formula is C14H18FNO.